The molecule has 30 heavy (non-hydrogen) atoms. The SMILES string of the molecule is Cc1cccc(C)c1C(=O)C(C(=O)c1c(C)cccc1C)C(C)(C)CC(C)CP=O. The minimum absolute atomic E-state index is 0.0930. The summed E-state index contributed by atoms with van der Waals surface area (Å²) in [6.45, 7) is 13.7. The quantitative estimate of drug-likeness (QED) is 0.249. The lowest BCUT2D eigenvalue weighted by Gasteiger charge is -2.35. The fourth-order valence-corrected chi connectivity index (χ4v) is 5.12. The van der Waals surface area contributed by atoms with E-state index in [0.29, 0.717) is 23.7 Å². The van der Waals surface area contributed by atoms with Crippen molar-refractivity contribution in [1.29, 1.82) is 0 Å². The summed E-state index contributed by atoms with van der Waals surface area (Å²) in [4.78, 5) is 27.9. The molecule has 1 atom stereocenters. The van der Waals surface area contributed by atoms with Crippen molar-refractivity contribution in [2.45, 2.75) is 54.9 Å². The highest BCUT2D eigenvalue weighted by molar-refractivity contribution is 7.23. The summed E-state index contributed by atoms with van der Waals surface area (Å²) in [6, 6.07) is 11.6. The first kappa shape index (κ1) is 24.2. The van der Waals surface area contributed by atoms with E-state index in [1.54, 1.807) is 0 Å². The van der Waals surface area contributed by atoms with Gasteiger partial charge in [-0.1, -0.05) is 57.2 Å². The van der Waals surface area contributed by atoms with Crippen LogP contribution >= 0.6 is 8.46 Å². The molecule has 0 aliphatic carbocycles. The summed E-state index contributed by atoms with van der Waals surface area (Å²) in [5, 5.41) is 0. The van der Waals surface area contributed by atoms with E-state index in [2.05, 4.69) is 0 Å². The Labute approximate surface area is 182 Å². The molecule has 2 aromatic carbocycles. The van der Waals surface area contributed by atoms with Gasteiger partial charge in [0, 0.05) is 17.3 Å². The number of hydrogen-bond donors (Lipinski definition) is 0. The minimum Gasteiger partial charge on any atom is -0.293 e. The molecule has 0 aromatic heterocycles. The van der Waals surface area contributed by atoms with Gasteiger partial charge in [-0.2, -0.15) is 0 Å². The maximum atomic E-state index is 13.9. The van der Waals surface area contributed by atoms with E-state index in [-0.39, 0.29) is 25.9 Å². The van der Waals surface area contributed by atoms with Crippen LogP contribution in [0.15, 0.2) is 36.4 Å². The van der Waals surface area contributed by atoms with Gasteiger partial charge in [-0.25, -0.2) is 0 Å². The van der Waals surface area contributed by atoms with Crippen LogP contribution in [0.25, 0.3) is 0 Å². The fourth-order valence-electron chi connectivity index (χ4n) is 4.73. The van der Waals surface area contributed by atoms with Crippen LogP contribution in [0.2, 0.25) is 0 Å². The normalized spacial score (nSPS) is 12.9. The number of aryl methyl sites for hydroxylation is 4. The van der Waals surface area contributed by atoms with Gasteiger partial charge in [-0.05, 0) is 67.7 Å². The van der Waals surface area contributed by atoms with Gasteiger partial charge in [0.25, 0.3) is 0 Å². The molecule has 1 unspecified atom stereocenters. The topological polar surface area (TPSA) is 51.2 Å². The molecule has 160 valence electrons. The van der Waals surface area contributed by atoms with Crippen molar-refractivity contribution in [3.8, 4) is 0 Å². The molecule has 0 saturated heterocycles. The third-order valence-electron chi connectivity index (χ3n) is 6.02. The van der Waals surface area contributed by atoms with Crippen molar-refractivity contribution < 1.29 is 14.2 Å². The van der Waals surface area contributed by atoms with E-state index >= 15 is 0 Å². The fraction of sp³-hybridized carbons (Fsp3) is 0.462. The summed E-state index contributed by atoms with van der Waals surface area (Å²) in [7, 11) is 0.0930. The first-order chi connectivity index (χ1) is 14.0. The van der Waals surface area contributed by atoms with E-state index in [9.17, 15) is 14.2 Å². The number of Topliss-reactive ketones (excluding diaryl/α,β-unsaturated/α-hetero) is 2. The van der Waals surface area contributed by atoms with Crippen molar-refractivity contribution in [3.05, 3.63) is 69.8 Å². The number of carbonyl (C=O) groups is 2. The zero-order valence-corrected chi connectivity index (χ0v) is 20.1. The Morgan fingerprint density at radius 1 is 0.833 bits per heavy atom. The molecular weight excluding hydrogens is 391 g/mol. The van der Waals surface area contributed by atoms with Crippen LogP contribution in [0.4, 0.5) is 0 Å². The predicted molar refractivity (Wildman–Crippen MR) is 124 cm³/mol. The second kappa shape index (κ2) is 9.79. The number of rotatable bonds is 9. The molecule has 0 bridgehead atoms. The van der Waals surface area contributed by atoms with Gasteiger partial charge in [0.2, 0.25) is 0 Å². The van der Waals surface area contributed by atoms with Crippen molar-refractivity contribution >= 4 is 20.0 Å². The standard InChI is InChI=1S/C26H33O3P/c1-16(15-30-29)14-26(6,7)23(24(27)21-17(2)10-8-11-18(21)3)25(28)22-19(4)12-9-13-20(22)5/h8-13,16,23H,14-15H2,1-7H3. The second-order valence-electron chi connectivity index (χ2n) is 9.30. The van der Waals surface area contributed by atoms with Gasteiger partial charge in [-0.3, -0.25) is 14.2 Å². The minimum atomic E-state index is -0.803. The smallest absolute Gasteiger partial charge is 0.174 e. The molecule has 0 heterocycles. The van der Waals surface area contributed by atoms with Crippen LogP contribution in [-0.4, -0.2) is 17.7 Å². The molecule has 0 fully saturated rings. The third kappa shape index (κ3) is 5.13. The van der Waals surface area contributed by atoms with Gasteiger partial charge in [0.1, 0.15) is 0 Å². The first-order valence-electron chi connectivity index (χ1n) is 10.5. The number of benzene rings is 2. The average molecular weight is 425 g/mol. The summed E-state index contributed by atoms with van der Waals surface area (Å²) in [6.07, 6.45) is 1.16. The average Bonchev–Trinajstić information content (AvgIpc) is 2.60. The van der Waals surface area contributed by atoms with E-state index in [1.807, 2.05) is 84.9 Å². The highest BCUT2D eigenvalue weighted by Gasteiger charge is 2.43. The van der Waals surface area contributed by atoms with E-state index in [1.165, 1.54) is 0 Å². The van der Waals surface area contributed by atoms with E-state index in [0.717, 1.165) is 22.3 Å². The molecule has 2 rings (SSSR count). The molecule has 0 aliphatic rings. The maximum Gasteiger partial charge on any atom is 0.174 e. The molecule has 0 aliphatic heterocycles. The molecule has 0 spiro atoms. The van der Waals surface area contributed by atoms with Crippen LogP contribution in [-0.2, 0) is 4.57 Å². The molecule has 0 radical (unpaired) electrons. The van der Waals surface area contributed by atoms with Gasteiger partial charge in [0.15, 0.2) is 20.0 Å². The van der Waals surface area contributed by atoms with E-state index < -0.39 is 11.3 Å². The largest absolute Gasteiger partial charge is 0.293 e. The molecule has 0 saturated carbocycles. The van der Waals surface area contributed by atoms with Crippen molar-refractivity contribution in [1.82, 2.24) is 0 Å². The van der Waals surface area contributed by atoms with Crippen LogP contribution < -0.4 is 0 Å². The highest BCUT2D eigenvalue weighted by atomic mass is 31.1. The Balaban J connectivity index is 2.65. The monoisotopic (exact) mass is 424 g/mol. The Bertz CT molecular complexity index is 855. The lowest BCUT2D eigenvalue weighted by atomic mass is 9.66. The third-order valence-corrected chi connectivity index (χ3v) is 6.79. The Morgan fingerprint density at radius 3 is 1.53 bits per heavy atom. The number of hydrogen-bond acceptors (Lipinski definition) is 3. The van der Waals surface area contributed by atoms with Gasteiger partial charge < -0.3 is 0 Å². The molecule has 2 aromatic rings. The van der Waals surface area contributed by atoms with Crippen molar-refractivity contribution in [2.24, 2.45) is 17.3 Å². The highest BCUT2D eigenvalue weighted by Crippen LogP contribution is 2.40. The van der Waals surface area contributed by atoms with Crippen LogP contribution in [0.1, 0.15) is 70.2 Å². The zero-order chi connectivity index (χ0) is 22.6. The van der Waals surface area contributed by atoms with E-state index in [4.69, 9.17) is 0 Å². The molecule has 4 heteroatoms. The summed E-state index contributed by atoms with van der Waals surface area (Å²) >= 11 is 0. The van der Waals surface area contributed by atoms with Crippen molar-refractivity contribution in [3.63, 3.8) is 0 Å². The Hall–Kier alpha value is -2.12. The number of ketones is 2. The van der Waals surface area contributed by atoms with Gasteiger partial charge >= 0.3 is 0 Å². The molecule has 0 amide bonds. The summed E-state index contributed by atoms with van der Waals surface area (Å²) in [5.41, 5.74) is 4.27. The van der Waals surface area contributed by atoms with Crippen LogP contribution in [0.3, 0.4) is 0 Å². The first-order valence-corrected chi connectivity index (χ1v) is 11.5. The zero-order valence-electron chi connectivity index (χ0n) is 19.2. The van der Waals surface area contributed by atoms with Gasteiger partial charge in [-0.15, -0.1) is 0 Å². The molecular formula is C26H33O3P. The molecule has 0 N–H and O–H groups in total. The Morgan fingerprint density at radius 2 is 1.20 bits per heavy atom. The van der Waals surface area contributed by atoms with Crippen molar-refractivity contribution in [2.75, 3.05) is 6.16 Å². The lowest BCUT2D eigenvalue weighted by molar-refractivity contribution is 0.0641. The van der Waals surface area contributed by atoms with Gasteiger partial charge in [0.05, 0.1) is 5.92 Å². The molecule has 3 nitrogen and oxygen atoms in total. The van der Waals surface area contributed by atoms with Crippen LogP contribution in [0.5, 0.6) is 0 Å². The maximum absolute atomic E-state index is 13.9. The Kier molecular flexibility index (Phi) is 7.88. The predicted octanol–water partition coefficient (Wildman–Crippen LogP) is 6.95. The lowest BCUT2D eigenvalue weighted by Crippen LogP contribution is -2.40. The summed E-state index contributed by atoms with van der Waals surface area (Å²) in [5.74, 6) is -0.897. The number of carbonyl (C=O) groups excluding carboxylic acids is 2. The summed E-state index contributed by atoms with van der Waals surface area (Å²) < 4.78 is 11.1. The second-order valence-corrected chi connectivity index (χ2v) is 9.93. The van der Waals surface area contributed by atoms with Crippen LogP contribution in [0, 0.1) is 44.9 Å².